The number of carbonyl (C=O) groups is 1. The van der Waals surface area contributed by atoms with Crippen molar-refractivity contribution in [3.8, 4) is 0 Å². The van der Waals surface area contributed by atoms with E-state index >= 15 is 0 Å². The predicted octanol–water partition coefficient (Wildman–Crippen LogP) is 3.17. The summed E-state index contributed by atoms with van der Waals surface area (Å²) in [6, 6.07) is 5.59. The molecule has 0 bridgehead atoms. The van der Waals surface area contributed by atoms with Crippen LogP contribution >= 0.6 is 23.5 Å². The number of aromatic nitrogens is 2. The van der Waals surface area contributed by atoms with Gasteiger partial charge in [0.15, 0.2) is 5.16 Å². The van der Waals surface area contributed by atoms with Crippen LogP contribution in [0.1, 0.15) is 19.5 Å². The van der Waals surface area contributed by atoms with E-state index in [1.807, 2.05) is 6.92 Å². The maximum Gasteiger partial charge on any atom is 0.268 e. The average Bonchev–Trinajstić information content (AvgIpc) is 2.96. The highest BCUT2D eigenvalue weighted by molar-refractivity contribution is 8.00. The molecule has 1 aliphatic rings. The zero-order chi connectivity index (χ0) is 18.0. The molecule has 0 saturated heterocycles. The van der Waals surface area contributed by atoms with Crippen LogP contribution in [-0.2, 0) is 17.8 Å². The van der Waals surface area contributed by atoms with E-state index in [4.69, 9.17) is 0 Å². The Morgan fingerprint density at radius 3 is 2.84 bits per heavy atom. The molecule has 0 fully saturated rings. The Labute approximate surface area is 153 Å². The van der Waals surface area contributed by atoms with Gasteiger partial charge in [0.2, 0.25) is 5.91 Å². The lowest BCUT2D eigenvalue weighted by molar-refractivity contribution is -0.113. The van der Waals surface area contributed by atoms with Crippen molar-refractivity contribution in [2.24, 2.45) is 0 Å². The van der Waals surface area contributed by atoms with E-state index < -0.39 is 0 Å². The minimum atomic E-state index is -0.353. The van der Waals surface area contributed by atoms with Gasteiger partial charge in [-0.15, -0.1) is 11.8 Å². The molecule has 0 unspecified atom stereocenters. The number of benzene rings is 1. The number of thioether (sulfide) groups is 2. The van der Waals surface area contributed by atoms with Crippen molar-refractivity contribution < 1.29 is 9.18 Å². The van der Waals surface area contributed by atoms with Crippen molar-refractivity contribution in [1.82, 2.24) is 9.55 Å². The van der Waals surface area contributed by atoms with Crippen LogP contribution in [0.2, 0.25) is 0 Å². The van der Waals surface area contributed by atoms with Gasteiger partial charge in [-0.25, -0.2) is 9.37 Å². The number of nitrogens with zero attached hydrogens (tertiary/aromatic N) is 2. The van der Waals surface area contributed by atoms with Crippen LogP contribution in [-0.4, -0.2) is 26.5 Å². The highest BCUT2D eigenvalue weighted by Gasteiger charge is 2.26. The van der Waals surface area contributed by atoms with Crippen molar-refractivity contribution in [2.45, 2.75) is 42.1 Å². The fourth-order valence-corrected chi connectivity index (χ4v) is 4.58. The summed E-state index contributed by atoms with van der Waals surface area (Å²) in [4.78, 5) is 30.0. The summed E-state index contributed by atoms with van der Waals surface area (Å²) in [6.45, 7) is 4.47. The fraction of sp³-hybridized carbons (Fsp3) is 0.353. The summed E-state index contributed by atoms with van der Waals surface area (Å²) in [5.41, 5.74) is 1.34. The van der Waals surface area contributed by atoms with Gasteiger partial charge in [-0.3, -0.25) is 14.2 Å². The van der Waals surface area contributed by atoms with Gasteiger partial charge in [0, 0.05) is 23.9 Å². The van der Waals surface area contributed by atoms with Gasteiger partial charge in [0.25, 0.3) is 5.56 Å². The second kappa shape index (κ2) is 7.61. The molecule has 0 radical (unpaired) electrons. The molecule has 0 saturated carbocycles. The minimum absolute atomic E-state index is 0.0247. The summed E-state index contributed by atoms with van der Waals surface area (Å²) in [7, 11) is 0. The molecule has 1 atom stereocenters. The minimum Gasteiger partial charge on any atom is -0.325 e. The number of hydrogen-bond acceptors (Lipinski definition) is 5. The first-order valence-electron chi connectivity index (χ1n) is 7.96. The van der Waals surface area contributed by atoms with Crippen LogP contribution in [0.25, 0.3) is 0 Å². The number of rotatable bonds is 5. The number of nitrogens with one attached hydrogen (secondary N) is 1. The van der Waals surface area contributed by atoms with Crippen LogP contribution in [0.15, 0.2) is 39.1 Å². The molecule has 2 heterocycles. The van der Waals surface area contributed by atoms with Crippen LogP contribution in [0.3, 0.4) is 0 Å². The molecule has 0 aliphatic carbocycles. The van der Waals surface area contributed by atoms with E-state index in [-0.39, 0.29) is 23.0 Å². The van der Waals surface area contributed by atoms with Crippen molar-refractivity contribution >= 4 is 35.1 Å². The first kappa shape index (κ1) is 18.0. The molecule has 25 heavy (non-hydrogen) atoms. The van der Waals surface area contributed by atoms with Crippen molar-refractivity contribution in [3.05, 3.63) is 46.1 Å². The normalized spacial score (nSPS) is 15.9. The average molecular weight is 379 g/mol. The van der Waals surface area contributed by atoms with E-state index in [1.54, 1.807) is 16.3 Å². The van der Waals surface area contributed by atoms with E-state index in [9.17, 15) is 14.0 Å². The molecule has 1 aliphatic heterocycles. The molecule has 3 rings (SSSR count). The van der Waals surface area contributed by atoms with E-state index in [0.717, 1.165) is 17.0 Å². The van der Waals surface area contributed by atoms with Gasteiger partial charge in [-0.2, -0.15) is 0 Å². The zero-order valence-corrected chi connectivity index (χ0v) is 15.5. The molecule has 1 aromatic heterocycles. The Morgan fingerprint density at radius 1 is 1.44 bits per heavy atom. The third kappa shape index (κ3) is 4.07. The number of fused-ring (bicyclic) bond motifs is 1. The summed E-state index contributed by atoms with van der Waals surface area (Å²) in [5.74, 6) is -0.448. The van der Waals surface area contributed by atoms with Crippen LogP contribution in [0.4, 0.5) is 10.1 Å². The fourth-order valence-electron chi connectivity index (χ4n) is 2.58. The number of anilines is 1. The Balaban J connectivity index is 1.71. The summed E-state index contributed by atoms with van der Waals surface area (Å²) in [5, 5.41) is 3.62. The van der Waals surface area contributed by atoms with E-state index in [0.29, 0.717) is 22.6 Å². The molecule has 0 spiro atoms. The van der Waals surface area contributed by atoms with E-state index in [2.05, 4.69) is 17.2 Å². The van der Waals surface area contributed by atoms with Crippen molar-refractivity contribution in [1.29, 1.82) is 0 Å². The Bertz CT molecular complexity index is 852. The second-order valence-electron chi connectivity index (χ2n) is 5.70. The number of carbonyl (C=O) groups excluding carboxylic acids is 1. The van der Waals surface area contributed by atoms with Crippen LogP contribution < -0.4 is 10.9 Å². The first-order chi connectivity index (χ1) is 12.0. The predicted molar refractivity (Wildman–Crippen MR) is 98.9 cm³/mol. The molecule has 1 amide bonds. The van der Waals surface area contributed by atoms with Crippen molar-refractivity contribution in [3.63, 3.8) is 0 Å². The highest BCUT2D eigenvalue weighted by Crippen LogP contribution is 2.34. The smallest absolute Gasteiger partial charge is 0.268 e. The largest absolute Gasteiger partial charge is 0.325 e. The third-order valence-corrected chi connectivity index (χ3v) is 5.93. The standard InChI is InChI=1S/C17H18FN3O2S2/c1-3-21-16(23)15-13(8-10(2)25-15)20-17(21)24-9-14(22)19-12-6-4-11(18)5-7-12/h4-7,10H,3,8-9H2,1-2H3,(H,19,22)/t10-/m0/s1. The second-order valence-corrected chi connectivity index (χ2v) is 8.09. The van der Waals surface area contributed by atoms with Gasteiger partial charge >= 0.3 is 0 Å². The number of amides is 1. The lowest BCUT2D eigenvalue weighted by Gasteiger charge is -2.11. The number of halogens is 1. The topological polar surface area (TPSA) is 64.0 Å². The molecular weight excluding hydrogens is 361 g/mol. The Kier molecular flexibility index (Phi) is 5.48. The monoisotopic (exact) mass is 379 g/mol. The van der Waals surface area contributed by atoms with Crippen molar-refractivity contribution in [2.75, 3.05) is 11.1 Å². The summed E-state index contributed by atoms with van der Waals surface area (Å²) >= 11 is 2.81. The lowest BCUT2D eigenvalue weighted by Crippen LogP contribution is -2.25. The Morgan fingerprint density at radius 2 is 2.16 bits per heavy atom. The first-order valence-corrected chi connectivity index (χ1v) is 9.83. The Hall–Kier alpha value is -1.80. The molecule has 132 valence electrons. The molecule has 5 nitrogen and oxygen atoms in total. The van der Waals surface area contributed by atoms with Gasteiger partial charge < -0.3 is 5.32 Å². The van der Waals surface area contributed by atoms with Gasteiger partial charge in [-0.05, 0) is 31.2 Å². The summed E-state index contributed by atoms with van der Waals surface area (Å²) < 4.78 is 14.5. The third-order valence-electron chi connectivity index (χ3n) is 3.74. The lowest BCUT2D eigenvalue weighted by atomic mass is 10.2. The molecule has 1 aromatic carbocycles. The van der Waals surface area contributed by atoms with Crippen LogP contribution in [0.5, 0.6) is 0 Å². The maximum absolute atomic E-state index is 12.9. The molecule has 2 aromatic rings. The SMILES string of the molecule is CCn1c(SCC(=O)Nc2ccc(F)cc2)nc2c(c1=O)S[C@@H](C)C2. The van der Waals surface area contributed by atoms with E-state index in [1.165, 1.54) is 36.0 Å². The molecule has 1 N–H and O–H groups in total. The quantitative estimate of drug-likeness (QED) is 0.639. The molecular formula is C17H18FN3O2S2. The highest BCUT2D eigenvalue weighted by atomic mass is 32.2. The van der Waals surface area contributed by atoms with Gasteiger partial charge in [-0.1, -0.05) is 18.7 Å². The molecule has 8 heteroatoms. The zero-order valence-electron chi connectivity index (χ0n) is 13.9. The maximum atomic E-state index is 12.9. The van der Waals surface area contributed by atoms with Gasteiger partial charge in [0.05, 0.1) is 16.3 Å². The van der Waals surface area contributed by atoms with Crippen LogP contribution in [0, 0.1) is 5.82 Å². The number of hydrogen-bond donors (Lipinski definition) is 1. The summed E-state index contributed by atoms with van der Waals surface area (Å²) in [6.07, 6.45) is 0.773. The van der Waals surface area contributed by atoms with Gasteiger partial charge in [0.1, 0.15) is 5.82 Å².